The van der Waals surface area contributed by atoms with Crippen LogP contribution in [-0.4, -0.2) is 0 Å². The summed E-state index contributed by atoms with van der Waals surface area (Å²) in [5.74, 6) is 1.64. The second-order valence-electron chi connectivity index (χ2n) is 4.21. The Balaban J connectivity index is 0.000000921. The highest BCUT2D eigenvalue weighted by molar-refractivity contribution is 5.33. The first-order valence-electron chi connectivity index (χ1n) is 6.16. The third-order valence-electron chi connectivity index (χ3n) is 3.11. The fourth-order valence-corrected chi connectivity index (χ4v) is 2.03. The molecule has 1 rings (SSSR count). The molecule has 1 atom stereocenters. The molecule has 0 nitrogen and oxygen atoms in total. The molecule has 1 aliphatic rings. The minimum Gasteiger partial charge on any atom is -0.0988 e. The molecule has 0 aromatic carbocycles. The standard InChI is InChI=1S/C13H20.C2H6/c1-5-11-7-8-13(10(3)4)9-12(11)6-2;1-2/h5-6,10,13H,1-2,7-9H2,3-4H3;1-2H3. The van der Waals surface area contributed by atoms with Gasteiger partial charge in [0.2, 0.25) is 0 Å². The molecule has 0 amide bonds. The molecule has 0 N–H and O–H groups in total. The van der Waals surface area contributed by atoms with E-state index >= 15 is 0 Å². The fraction of sp³-hybridized carbons (Fsp3) is 0.600. The van der Waals surface area contributed by atoms with E-state index in [0.29, 0.717) is 0 Å². The normalized spacial score (nSPS) is 20.7. The van der Waals surface area contributed by atoms with Crippen LogP contribution in [-0.2, 0) is 0 Å². The molecule has 1 unspecified atom stereocenters. The van der Waals surface area contributed by atoms with Gasteiger partial charge in [-0.15, -0.1) is 0 Å². The predicted molar refractivity (Wildman–Crippen MR) is 70.9 cm³/mol. The summed E-state index contributed by atoms with van der Waals surface area (Å²) in [6.45, 7) is 16.3. The molecule has 0 fully saturated rings. The van der Waals surface area contributed by atoms with E-state index in [2.05, 4.69) is 27.0 Å². The van der Waals surface area contributed by atoms with E-state index in [1.165, 1.54) is 30.4 Å². The van der Waals surface area contributed by atoms with Crippen molar-refractivity contribution >= 4 is 0 Å². The maximum Gasteiger partial charge on any atom is -0.0245 e. The summed E-state index contributed by atoms with van der Waals surface area (Å²) < 4.78 is 0. The highest BCUT2D eigenvalue weighted by Crippen LogP contribution is 2.34. The van der Waals surface area contributed by atoms with Gasteiger partial charge in [-0.2, -0.15) is 0 Å². The van der Waals surface area contributed by atoms with Gasteiger partial charge in [-0.05, 0) is 42.2 Å². The van der Waals surface area contributed by atoms with Crippen LogP contribution in [0.5, 0.6) is 0 Å². The van der Waals surface area contributed by atoms with Crippen LogP contribution in [0.3, 0.4) is 0 Å². The van der Waals surface area contributed by atoms with E-state index in [-0.39, 0.29) is 0 Å². The summed E-state index contributed by atoms with van der Waals surface area (Å²) in [6, 6.07) is 0. The first kappa shape index (κ1) is 14.2. The molecule has 0 aliphatic heterocycles. The third-order valence-corrected chi connectivity index (χ3v) is 3.11. The van der Waals surface area contributed by atoms with Crippen LogP contribution in [0.15, 0.2) is 36.5 Å². The van der Waals surface area contributed by atoms with Crippen LogP contribution in [0, 0.1) is 11.8 Å². The fourth-order valence-electron chi connectivity index (χ4n) is 2.03. The molecule has 0 spiro atoms. The van der Waals surface area contributed by atoms with E-state index in [9.17, 15) is 0 Å². The molecule has 86 valence electrons. The Labute approximate surface area is 95.8 Å². The summed E-state index contributed by atoms with van der Waals surface area (Å²) in [5.41, 5.74) is 2.83. The summed E-state index contributed by atoms with van der Waals surface area (Å²) in [5, 5.41) is 0. The summed E-state index contributed by atoms with van der Waals surface area (Å²) in [4.78, 5) is 0. The van der Waals surface area contributed by atoms with Gasteiger partial charge in [0.25, 0.3) is 0 Å². The van der Waals surface area contributed by atoms with E-state index in [1.54, 1.807) is 0 Å². The number of allylic oxidation sites excluding steroid dienone is 4. The van der Waals surface area contributed by atoms with Crippen LogP contribution >= 0.6 is 0 Å². The number of rotatable bonds is 3. The maximum atomic E-state index is 3.87. The minimum atomic E-state index is 0.793. The Bertz CT molecular complexity index is 230. The van der Waals surface area contributed by atoms with Crippen LogP contribution in [0.1, 0.15) is 47.0 Å². The van der Waals surface area contributed by atoms with E-state index < -0.39 is 0 Å². The second-order valence-corrected chi connectivity index (χ2v) is 4.21. The largest absolute Gasteiger partial charge is 0.0988 e. The summed E-state index contributed by atoms with van der Waals surface area (Å²) >= 11 is 0. The van der Waals surface area contributed by atoms with Gasteiger partial charge in [-0.1, -0.05) is 53.0 Å². The van der Waals surface area contributed by atoms with Crippen LogP contribution in [0.4, 0.5) is 0 Å². The minimum absolute atomic E-state index is 0.793. The van der Waals surface area contributed by atoms with Crippen molar-refractivity contribution in [3.8, 4) is 0 Å². The zero-order chi connectivity index (χ0) is 11.8. The quantitative estimate of drug-likeness (QED) is 0.600. The second kappa shape index (κ2) is 7.50. The molecular formula is C15H26. The Morgan fingerprint density at radius 2 is 1.67 bits per heavy atom. The topological polar surface area (TPSA) is 0 Å². The van der Waals surface area contributed by atoms with Gasteiger partial charge in [0, 0.05) is 0 Å². The molecule has 0 radical (unpaired) electrons. The maximum absolute atomic E-state index is 3.87. The van der Waals surface area contributed by atoms with E-state index in [0.717, 1.165) is 11.8 Å². The third kappa shape index (κ3) is 4.07. The highest BCUT2D eigenvalue weighted by atomic mass is 14.2. The zero-order valence-electron chi connectivity index (χ0n) is 10.8. The zero-order valence-corrected chi connectivity index (χ0v) is 10.8. The van der Waals surface area contributed by atoms with E-state index in [4.69, 9.17) is 0 Å². The van der Waals surface area contributed by atoms with Crippen molar-refractivity contribution in [3.63, 3.8) is 0 Å². The molecule has 0 bridgehead atoms. The van der Waals surface area contributed by atoms with Gasteiger partial charge in [0.05, 0.1) is 0 Å². The lowest BCUT2D eigenvalue weighted by atomic mass is 9.78. The van der Waals surface area contributed by atoms with Crippen LogP contribution in [0.25, 0.3) is 0 Å². The molecule has 0 aromatic heterocycles. The molecule has 0 saturated heterocycles. The lowest BCUT2D eigenvalue weighted by Gasteiger charge is -2.27. The average molecular weight is 206 g/mol. The Hall–Kier alpha value is -0.780. The van der Waals surface area contributed by atoms with Crippen molar-refractivity contribution in [1.29, 1.82) is 0 Å². The van der Waals surface area contributed by atoms with Crippen molar-refractivity contribution in [2.75, 3.05) is 0 Å². The lowest BCUT2D eigenvalue weighted by Crippen LogP contribution is -2.14. The summed E-state index contributed by atoms with van der Waals surface area (Å²) in [7, 11) is 0. The van der Waals surface area contributed by atoms with Crippen molar-refractivity contribution in [2.45, 2.75) is 47.0 Å². The molecule has 15 heavy (non-hydrogen) atoms. The van der Waals surface area contributed by atoms with Crippen molar-refractivity contribution in [1.82, 2.24) is 0 Å². The lowest BCUT2D eigenvalue weighted by molar-refractivity contribution is 0.346. The Morgan fingerprint density at radius 3 is 2.07 bits per heavy atom. The molecule has 1 aliphatic carbocycles. The van der Waals surface area contributed by atoms with Gasteiger partial charge < -0.3 is 0 Å². The molecular weight excluding hydrogens is 180 g/mol. The van der Waals surface area contributed by atoms with Gasteiger partial charge >= 0.3 is 0 Å². The Morgan fingerprint density at radius 1 is 1.13 bits per heavy atom. The number of hydrogen-bond acceptors (Lipinski definition) is 0. The highest BCUT2D eigenvalue weighted by Gasteiger charge is 2.20. The molecule has 0 heteroatoms. The SMILES string of the molecule is C=CC1=C(C=C)CC(C(C)C)CC1.CC. The van der Waals surface area contributed by atoms with Crippen LogP contribution in [0.2, 0.25) is 0 Å². The van der Waals surface area contributed by atoms with Gasteiger partial charge in [-0.3, -0.25) is 0 Å². The molecule has 0 aromatic rings. The average Bonchev–Trinajstić information content (AvgIpc) is 2.30. The monoisotopic (exact) mass is 206 g/mol. The number of hydrogen-bond donors (Lipinski definition) is 0. The molecule has 0 saturated carbocycles. The van der Waals surface area contributed by atoms with Crippen LogP contribution < -0.4 is 0 Å². The van der Waals surface area contributed by atoms with Crippen molar-refractivity contribution in [2.24, 2.45) is 11.8 Å². The van der Waals surface area contributed by atoms with E-state index in [1.807, 2.05) is 26.0 Å². The van der Waals surface area contributed by atoms with Crippen molar-refractivity contribution in [3.05, 3.63) is 36.5 Å². The Kier molecular flexibility index (Phi) is 7.11. The first-order chi connectivity index (χ1) is 7.19. The van der Waals surface area contributed by atoms with Gasteiger partial charge in [0.1, 0.15) is 0 Å². The van der Waals surface area contributed by atoms with Crippen molar-refractivity contribution < 1.29 is 0 Å². The van der Waals surface area contributed by atoms with Gasteiger partial charge in [-0.25, -0.2) is 0 Å². The molecule has 0 heterocycles. The van der Waals surface area contributed by atoms with Gasteiger partial charge in [0.15, 0.2) is 0 Å². The first-order valence-corrected chi connectivity index (χ1v) is 6.16. The summed E-state index contributed by atoms with van der Waals surface area (Å²) in [6.07, 6.45) is 7.70. The smallest absolute Gasteiger partial charge is 0.0245 e. The predicted octanol–water partition coefficient (Wildman–Crippen LogP) is 5.14.